The van der Waals surface area contributed by atoms with E-state index in [1.54, 1.807) is 6.07 Å². The fourth-order valence-corrected chi connectivity index (χ4v) is 2.29. The van der Waals surface area contributed by atoms with Crippen molar-refractivity contribution in [1.29, 1.82) is 0 Å². The molecule has 3 rings (SSSR count). The van der Waals surface area contributed by atoms with Gasteiger partial charge in [0.2, 0.25) is 0 Å². The molecule has 0 radical (unpaired) electrons. The maximum atomic E-state index is 12.9. The standard InChI is InChI=1S/C19H17FN4O/c20-15-6-8-16(9-7-15)24-19(25)17-12-18(23-13-22-17)21-11-10-14-4-2-1-3-5-14/h1-9,12-13H,10-11H2,(H,24,25)(H,21,22,23). The van der Waals surface area contributed by atoms with Crippen LogP contribution in [0.3, 0.4) is 0 Å². The molecule has 1 aromatic heterocycles. The highest BCUT2D eigenvalue weighted by Crippen LogP contribution is 2.11. The fraction of sp³-hybridized carbons (Fsp3) is 0.105. The number of amides is 1. The Kier molecular flexibility index (Phi) is 5.31. The zero-order valence-electron chi connectivity index (χ0n) is 13.4. The quantitative estimate of drug-likeness (QED) is 0.723. The summed E-state index contributed by atoms with van der Waals surface area (Å²) in [6.45, 7) is 0.694. The zero-order valence-corrected chi connectivity index (χ0v) is 13.4. The summed E-state index contributed by atoms with van der Waals surface area (Å²) in [6.07, 6.45) is 2.19. The molecule has 126 valence electrons. The first-order chi connectivity index (χ1) is 12.2. The number of aromatic nitrogens is 2. The molecule has 5 nitrogen and oxygen atoms in total. The van der Waals surface area contributed by atoms with Crippen LogP contribution >= 0.6 is 0 Å². The number of hydrogen-bond donors (Lipinski definition) is 2. The van der Waals surface area contributed by atoms with Gasteiger partial charge in [0.15, 0.2) is 0 Å². The second-order valence-electron chi connectivity index (χ2n) is 5.41. The van der Waals surface area contributed by atoms with E-state index in [1.165, 1.54) is 36.2 Å². The average Bonchev–Trinajstić information content (AvgIpc) is 2.65. The van der Waals surface area contributed by atoms with Crippen LogP contribution < -0.4 is 10.6 Å². The molecule has 25 heavy (non-hydrogen) atoms. The van der Waals surface area contributed by atoms with Crippen molar-refractivity contribution in [3.05, 3.63) is 84.1 Å². The van der Waals surface area contributed by atoms with Gasteiger partial charge >= 0.3 is 0 Å². The van der Waals surface area contributed by atoms with Crippen LogP contribution in [0.15, 0.2) is 67.0 Å². The zero-order chi connectivity index (χ0) is 17.5. The third-order valence-electron chi connectivity index (χ3n) is 3.56. The number of anilines is 2. The van der Waals surface area contributed by atoms with Crippen molar-refractivity contribution in [3.63, 3.8) is 0 Å². The molecule has 2 aromatic carbocycles. The number of nitrogens with zero attached hydrogens (tertiary/aromatic N) is 2. The lowest BCUT2D eigenvalue weighted by Crippen LogP contribution is -2.15. The molecule has 2 N–H and O–H groups in total. The van der Waals surface area contributed by atoms with Crippen LogP contribution in [0.4, 0.5) is 15.9 Å². The minimum absolute atomic E-state index is 0.238. The SMILES string of the molecule is O=C(Nc1ccc(F)cc1)c1cc(NCCc2ccccc2)ncn1. The lowest BCUT2D eigenvalue weighted by Gasteiger charge is -2.08. The Labute approximate surface area is 145 Å². The van der Waals surface area contributed by atoms with Crippen molar-refractivity contribution in [2.75, 3.05) is 17.2 Å². The third kappa shape index (κ3) is 4.84. The summed E-state index contributed by atoms with van der Waals surface area (Å²) in [6, 6.07) is 17.2. The molecule has 0 saturated carbocycles. The second kappa shape index (κ2) is 8.01. The number of benzene rings is 2. The maximum Gasteiger partial charge on any atom is 0.274 e. The van der Waals surface area contributed by atoms with Gasteiger partial charge < -0.3 is 10.6 Å². The molecule has 0 fully saturated rings. The van der Waals surface area contributed by atoms with Gasteiger partial charge in [0, 0.05) is 18.3 Å². The van der Waals surface area contributed by atoms with Crippen molar-refractivity contribution in [1.82, 2.24) is 9.97 Å². The molecule has 1 amide bonds. The number of rotatable bonds is 6. The smallest absolute Gasteiger partial charge is 0.274 e. The first-order valence-electron chi connectivity index (χ1n) is 7.87. The van der Waals surface area contributed by atoms with E-state index in [-0.39, 0.29) is 17.4 Å². The van der Waals surface area contributed by atoms with Crippen LogP contribution in [0.1, 0.15) is 16.1 Å². The highest BCUT2D eigenvalue weighted by atomic mass is 19.1. The van der Waals surface area contributed by atoms with Gasteiger partial charge in [0.25, 0.3) is 5.91 Å². The van der Waals surface area contributed by atoms with Crippen LogP contribution in [-0.2, 0) is 6.42 Å². The Bertz CT molecular complexity index is 838. The Balaban J connectivity index is 1.58. The third-order valence-corrected chi connectivity index (χ3v) is 3.56. The Morgan fingerprint density at radius 1 is 1.00 bits per heavy atom. The van der Waals surface area contributed by atoms with Crippen LogP contribution in [0.25, 0.3) is 0 Å². The first-order valence-corrected chi connectivity index (χ1v) is 7.87. The van der Waals surface area contributed by atoms with Gasteiger partial charge in [-0.15, -0.1) is 0 Å². The average molecular weight is 336 g/mol. The van der Waals surface area contributed by atoms with Gasteiger partial charge in [-0.05, 0) is 36.2 Å². The number of carbonyl (C=O) groups is 1. The van der Waals surface area contributed by atoms with Crippen molar-refractivity contribution in [3.8, 4) is 0 Å². The highest BCUT2D eigenvalue weighted by molar-refractivity contribution is 6.03. The van der Waals surface area contributed by atoms with Crippen molar-refractivity contribution >= 4 is 17.4 Å². The van der Waals surface area contributed by atoms with Crippen LogP contribution in [0, 0.1) is 5.82 Å². The van der Waals surface area contributed by atoms with Gasteiger partial charge in [-0.3, -0.25) is 4.79 Å². The molecule has 6 heteroatoms. The Morgan fingerprint density at radius 2 is 1.76 bits per heavy atom. The molecular formula is C19H17FN4O. The molecule has 0 saturated heterocycles. The lowest BCUT2D eigenvalue weighted by molar-refractivity contribution is 0.102. The van der Waals surface area contributed by atoms with Gasteiger partial charge in [-0.2, -0.15) is 0 Å². The Hall–Kier alpha value is -3.28. The molecule has 0 bridgehead atoms. The summed E-state index contributed by atoms with van der Waals surface area (Å²) in [5.41, 5.74) is 1.96. The van der Waals surface area contributed by atoms with Gasteiger partial charge in [0.05, 0.1) is 0 Å². The number of halogens is 1. The molecule has 3 aromatic rings. The van der Waals surface area contributed by atoms with Crippen molar-refractivity contribution < 1.29 is 9.18 Å². The van der Waals surface area contributed by atoms with Gasteiger partial charge in [-0.25, -0.2) is 14.4 Å². The van der Waals surface area contributed by atoms with E-state index < -0.39 is 0 Å². The fourth-order valence-electron chi connectivity index (χ4n) is 2.29. The topological polar surface area (TPSA) is 66.9 Å². The minimum atomic E-state index is -0.375. The molecule has 0 aliphatic rings. The van der Waals surface area contributed by atoms with Crippen LogP contribution in [0.5, 0.6) is 0 Å². The summed E-state index contributed by atoms with van der Waals surface area (Å²) >= 11 is 0. The summed E-state index contributed by atoms with van der Waals surface area (Å²) in [7, 11) is 0. The van der Waals surface area contributed by atoms with Crippen LogP contribution in [-0.4, -0.2) is 22.4 Å². The van der Waals surface area contributed by atoms with E-state index in [0.29, 0.717) is 18.1 Å². The summed E-state index contributed by atoms with van der Waals surface area (Å²) in [4.78, 5) is 20.3. The predicted octanol–water partition coefficient (Wildman–Crippen LogP) is 3.52. The van der Waals surface area contributed by atoms with Gasteiger partial charge in [0.1, 0.15) is 23.7 Å². The molecule has 0 spiro atoms. The molecule has 0 atom stereocenters. The molecule has 0 aliphatic heterocycles. The number of carbonyl (C=O) groups excluding carboxylic acids is 1. The summed E-state index contributed by atoms with van der Waals surface area (Å²) in [5, 5.41) is 5.85. The maximum absolute atomic E-state index is 12.9. The Morgan fingerprint density at radius 3 is 2.52 bits per heavy atom. The van der Waals surface area contributed by atoms with E-state index in [2.05, 4.69) is 32.7 Å². The summed E-state index contributed by atoms with van der Waals surface area (Å²) < 4.78 is 12.9. The van der Waals surface area contributed by atoms with E-state index in [9.17, 15) is 9.18 Å². The van der Waals surface area contributed by atoms with E-state index in [0.717, 1.165) is 6.42 Å². The van der Waals surface area contributed by atoms with Gasteiger partial charge in [-0.1, -0.05) is 30.3 Å². The minimum Gasteiger partial charge on any atom is -0.370 e. The summed E-state index contributed by atoms with van der Waals surface area (Å²) in [5.74, 6) is -0.153. The normalized spacial score (nSPS) is 10.3. The van der Waals surface area contributed by atoms with E-state index >= 15 is 0 Å². The monoisotopic (exact) mass is 336 g/mol. The largest absolute Gasteiger partial charge is 0.370 e. The number of nitrogens with one attached hydrogen (secondary N) is 2. The second-order valence-corrected chi connectivity index (χ2v) is 5.41. The molecular weight excluding hydrogens is 319 g/mol. The predicted molar refractivity (Wildman–Crippen MR) is 95.0 cm³/mol. The van der Waals surface area contributed by atoms with Crippen LogP contribution in [0.2, 0.25) is 0 Å². The highest BCUT2D eigenvalue weighted by Gasteiger charge is 2.09. The number of hydrogen-bond acceptors (Lipinski definition) is 4. The van der Waals surface area contributed by atoms with Crippen molar-refractivity contribution in [2.45, 2.75) is 6.42 Å². The molecule has 1 heterocycles. The molecule has 0 unspecified atom stereocenters. The van der Waals surface area contributed by atoms with E-state index in [4.69, 9.17) is 0 Å². The lowest BCUT2D eigenvalue weighted by atomic mass is 10.1. The first kappa shape index (κ1) is 16.6. The van der Waals surface area contributed by atoms with Crippen molar-refractivity contribution in [2.24, 2.45) is 0 Å². The van der Waals surface area contributed by atoms with E-state index in [1.807, 2.05) is 18.2 Å². The molecule has 0 aliphatic carbocycles.